The summed E-state index contributed by atoms with van der Waals surface area (Å²) in [5.41, 5.74) is 9.06. The van der Waals surface area contributed by atoms with E-state index in [-0.39, 0.29) is 5.91 Å². The lowest BCUT2D eigenvalue weighted by atomic mass is 10.1. The first-order valence-electron chi connectivity index (χ1n) is 6.04. The first kappa shape index (κ1) is 13.0. The molecule has 0 atom stereocenters. The van der Waals surface area contributed by atoms with E-state index >= 15 is 0 Å². The fourth-order valence-corrected chi connectivity index (χ4v) is 1.91. The van der Waals surface area contributed by atoms with Crippen molar-refractivity contribution in [1.29, 1.82) is 0 Å². The predicted octanol–water partition coefficient (Wildman–Crippen LogP) is 2.40. The Bertz CT molecular complexity index is 581. The molecule has 2 aromatic rings. The van der Waals surface area contributed by atoms with Gasteiger partial charge in [-0.25, -0.2) is 0 Å². The number of nitrogens with one attached hydrogen (secondary N) is 1. The molecule has 0 radical (unpaired) electrons. The highest BCUT2D eigenvalue weighted by Crippen LogP contribution is 2.29. The van der Waals surface area contributed by atoms with E-state index in [4.69, 9.17) is 5.73 Å². The molecule has 4 nitrogen and oxygen atoms in total. The van der Waals surface area contributed by atoms with Crippen molar-refractivity contribution >= 4 is 23.0 Å². The van der Waals surface area contributed by atoms with E-state index in [9.17, 15) is 4.79 Å². The van der Waals surface area contributed by atoms with Crippen LogP contribution in [0, 0.1) is 0 Å². The number of benzene rings is 2. The third-order valence-electron chi connectivity index (χ3n) is 3.02. The molecule has 0 aliphatic heterocycles. The van der Waals surface area contributed by atoms with Gasteiger partial charge in [0.2, 0.25) is 0 Å². The van der Waals surface area contributed by atoms with Crippen LogP contribution in [0.2, 0.25) is 0 Å². The second kappa shape index (κ2) is 5.44. The van der Waals surface area contributed by atoms with Gasteiger partial charge in [-0.3, -0.25) is 4.79 Å². The highest BCUT2D eigenvalue weighted by molar-refractivity contribution is 5.96. The Morgan fingerprint density at radius 2 is 1.84 bits per heavy atom. The molecule has 3 N–H and O–H groups in total. The number of nitrogens with two attached hydrogens (primary N) is 1. The molecule has 2 aromatic carbocycles. The Morgan fingerprint density at radius 3 is 2.47 bits per heavy atom. The minimum absolute atomic E-state index is 0.122. The molecular formula is C15H17N3O. The summed E-state index contributed by atoms with van der Waals surface area (Å²) in [4.78, 5) is 13.6. The molecule has 0 aliphatic carbocycles. The number of carbonyl (C=O) groups excluding carboxylic acids is 1. The van der Waals surface area contributed by atoms with E-state index in [1.54, 1.807) is 25.2 Å². The maximum Gasteiger partial charge on any atom is 0.251 e. The molecule has 98 valence electrons. The molecule has 2 rings (SSSR count). The largest absolute Gasteiger partial charge is 0.397 e. The molecule has 0 unspecified atom stereocenters. The van der Waals surface area contributed by atoms with Crippen molar-refractivity contribution in [3.63, 3.8) is 0 Å². The van der Waals surface area contributed by atoms with E-state index in [2.05, 4.69) is 5.32 Å². The van der Waals surface area contributed by atoms with E-state index in [0.29, 0.717) is 11.3 Å². The minimum atomic E-state index is -0.122. The van der Waals surface area contributed by atoms with Gasteiger partial charge in [0.05, 0.1) is 11.4 Å². The number of amides is 1. The number of rotatable bonds is 3. The van der Waals surface area contributed by atoms with Crippen molar-refractivity contribution in [2.75, 3.05) is 24.7 Å². The molecule has 0 aliphatic rings. The summed E-state index contributed by atoms with van der Waals surface area (Å²) in [6.07, 6.45) is 0. The van der Waals surface area contributed by atoms with Gasteiger partial charge < -0.3 is 16.0 Å². The fraction of sp³-hybridized carbons (Fsp3) is 0.133. The SMILES string of the molecule is CNC(=O)c1ccc(N)c(N(C)c2ccccc2)c1. The van der Waals surface area contributed by atoms with Gasteiger partial charge in [0.15, 0.2) is 0 Å². The Hall–Kier alpha value is -2.49. The van der Waals surface area contributed by atoms with Crippen LogP contribution in [0.1, 0.15) is 10.4 Å². The number of anilines is 3. The second-order valence-electron chi connectivity index (χ2n) is 4.25. The Labute approximate surface area is 112 Å². The molecule has 0 saturated carbocycles. The highest BCUT2D eigenvalue weighted by Gasteiger charge is 2.11. The summed E-state index contributed by atoms with van der Waals surface area (Å²) < 4.78 is 0. The smallest absolute Gasteiger partial charge is 0.251 e. The summed E-state index contributed by atoms with van der Waals surface area (Å²) in [7, 11) is 3.54. The molecule has 4 heteroatoms. The van der Waals surface area contributed by atoms with Crippen LogP contribution in [0.3, 0.4) is 0 Å². The number of carbonyl (C=O) groups is 1. The van der Waals surface area contributed by atoms with Crippen molar-refractivity contribution < 1.29 is 4.79 Å². The topological polar surface area (TPSA) is 58.4 Å². The molecule has 0 aromatic heterocycles. The highest BCUT2D eigenvalue weighted by atomic mass is 16.1. The predicted molar refractivity (Wildman–Crippen MR) is 78.7 cm³/mol. The van der Waals surface area contributed by atoms with Crippen LogP contribution in [0.25, 0.3) is 0 Å². The number of nitrogen functional groups attached to an aromatic ring is 1. The van der Waals surface area contributed by atoms with E-state index < -0.39 is 0 Å². The summed E-state index contributed by atoms with van der Waals surface area (Å²) in [5, 5.41) is 2.61. The zero-order valence-corrected chi connectivity index (χ0v) is 11.1. The van der Waals surface area contributed by atoms with Crippen molar-refractivity contribution in [2.24, 2.45) is 0 Å². The minimum Gasteiger partial charge on any atom is -0.397 e. The monoisotopic (exact) mass is 255 g/mol. The number of hydrogen-bond acceptors (Lipinski definition) is 3. The summed E-state index contributed by atoms with van der Waals surface area (Å²) in [6, 6.07) is 15.1. The van der Waals surface area contributed by atoms with Gasteiger partial charge in [0.1, 0.15) is 0 Å². The molecule has 0 spiro atoms. The zero-order chi connectivity index (χ0) is 13.8. The van der Waals surface area contributed by atoms with Crippen LogP contribution < -0.4 is 16.0 Å². The normalized spacial score (nSPS) is 10.0. The van der Waals surface area contributed by atoms with Crippen LogP contribution >= 0.6 is 0 Å². The third-order valence-corrected chi connectivity index (χ3v) is 3.02. The maximum absolute atomic E-state index is 11.7. The lowest BCUT2D eigenvalue weighted by Crippen LogP contribution is -2.19. The van der Waals surface area contributed by atoms with Gasteiger partial charge in [-0.2, -0.15) is 0 Å². The molecule has 0 saturated heterocycles. The first-order chi connectivity index (χ1) is 9.13. The van der Waals surface area contributed by atoms with E-state index in [1.807, 2.05) is 42.3 Å². The van der Waals surface area contributed by atoms with Crippen LogP contribution in [0.4, 0.5) is 17.1 Å². The molecule has 0 heterocycles. The summed E-state index contributed by atoms with van der Waals surface area (Å²) in [6.45, 7) is 0. The van der Waals surface area contributed by atoms with Crippen LogP contribution in [0.15, 0.2) is 48.5 Å². The van der Waals surface area contributed by atoms with E-state index in [1.165, 1.54) is 0 Å². The third kappa shape index (κ3) is 2.68. The van der Waals surface area contributed by atoms with Gasteiger partial charge >= 0.3 is 0 Å². The van der Waals surface area contributed by atoms with E-state index in [0.717, 1.165) is 11.4 Å². The van der Waals surface area contributed by atoms with Gasteiger partial charge in [0, 0.05) is 25.3 Å². The molecular weight excluding hydrogens is 238 g/mol. The standard InChI is InChI=1S/C15H17N3O/c1-17-15(19)11-8-9-13(16)14(10-11)18(2)12-6-4-3-5-7-12/h3-10H,16H2,1-2H3,(H,17,19). The van der Waals surface area contributed by atoms with Gasteiger partial charge in [0.25, 0.3) is 5.91 Å². The van der Waals surface area contributed by atoms with Crippen molar-refractivity contribution in [1.82, 2.24) is 5.32 Å². The van der Waals surface area contributed by atoms with Crippen LogP contribution in [-0.2, 0) is 0 Å². The van der Waals surface area contributed by atoms with Crippen molar-refractivity contribution in [2.45, 2.75) is 0 Å². The summed E-state index contributed by atoms with van der Waals surface area (Å²) >= 11 is 0. The maximum atomic E-state index is 11.7. The lowest BCUT2D eigenvalue weighted by Gasteiger charge is -2.21. The average molecular weight is 255 g/mol. The van der Waals surface area contributed by atoms with Gasteiger partial charge in [-0.05, 0) is 30.3 Å². The Kier molecular flexibility index (Phi) is 3.71. The summed E-state index contributed by atoms with van der Waals surface area (Å²) in [5.74, 6) is -0.122. The number of hydrogen-bond donors (Lipinski definition) is 2. The molecule has 1 amide bonds. The van der Waals surface area contributed by atoms with Gasteiger partial charge in [-0.15, -0.1) is 0 Å². The molecule has 0 fully saturated rings. The Balaban J connectivity index is 2.41. The molecule has 0 bridgehead atoms. The second-order valence-corrected chi connectivity index (χ2v) is 4.25. The molecule has 19 heavy (non-hydrogen) atoms. The Morgan fingerprint density at radius 1 is 1.16 bits per heavy atom. The average Bonchev–Trinajstić information content (AvgIpc) is 2.47. The van der Waals surface area contributed by atoms with Gasteiger partial charge in [-0.1, -0.05) is 18.2 Å². The first-order valence-corrected chi connectivity index (χ1v) is 6.04. The van der Waals surface area contributed by atoms with Crippen LogP contribution in [0.5, 0.6) is 0 Å². The fourth-order valence-electron chi connectivity index (χ4n) is 1.91. The zero-order valence-electron chi connectivity index (χ0n) is 11.1. The number of nitrogens with zero attached hydrogens (tertiary/aromatic N) is 1. The van der Waals surface area contributed by atoms with Crippen molar-refractivity contribution in [3.8, 4) is 0 Å². The number of para-hydroxylation sites is 1. The quantitative estimate of drug-likeness (QED) is 0.828. The lowest BCUT2D eigenvalue weighted by molar-refractivity contribution is 0.0963. The van der Waals surface area contributed by atoms with Crippen LogP contribution in [-0.4, -0.2) is 20.0 Å². The van der Waals surface area contributed by atoms with Crippen molar-refractivity contribution in [3.05, 3.63) is 54.1 Å².